The topological polar surface area (TPSA) is 41.1 Å². The zero-order valence-electron chi connectivity index (χ0n) is 11.1. The molecule has 0 radical (unpaired) electrons. The molecule has 94 valence electrons. The van der Waals surface area contributed by atoms with E-state index < -0.39 is 0 Å². The van der Waals surface area contributed by atoms with E-state index >= 15 is 0 Å². The van der Waals surface area contributed by atoms with Crippen LogP contribution in [-0.4, -0.2) is 19.5 Å². The van der Waals surface area contributed by atoms with Crippen LogP contribution in [0, 0.1) is 11.8 Å². The van der Waals surface area contributed by atoms with E-state index in [4.69, 9.17) is 0 Å². The third-order valence-electron chi connectivity index (χ3n) is 2.76. The maximum atomic E-state index is 11.6. The Morgan fingerprint density at radius 2 is 1.94 bits per heavy atom. The van der Waals surface area contributed by atoms with Gasteiger partial charge in [-0.3, -0.25) is 4.79 Å². The lowest BCUT2D eigenvalue weighted by molar-refractivity contribution is -0.126. The summed E-state index contributed by atoms with van der Waals surface area (Å²) in [5, 5.41) is 5.93. The summed E-state index contributed by atoms with van der Waals surface area (Å²) >= 11 is 0. The Morgan fingerprint density at radius 1 is 1.31 bits per heavy atom. The molecule has 16 heavy (non-hydrogen) atoms. The summed E-state index contributed by atoms with van der Waals surface area (Å²) in [7, 11) is 1.71. The minimum absolute atomic E-state index is 0.148. The first-order valence-electron chi connectivity index (χ1n) is 6.10. The molecule has 1 atom stereocenters. The number of carbonyl (C=O) groups excluding carboxylic acids is 1. The zero-order chi connectivity index (χ0) is 12.6. The molecule has 0 rings (SSSR count). The van der Waals surface area contributed by atoms with Gasteiger partial charge in [0.15, 0.2) is 0 Å². The summed E-state index contributed by atoms with van der Waals surface area (Å²) in [6.07, 6.45) is 3.14. The third kappa shape index (κ3) is 6.49. The second-order valence-electron chi connectivity index (χ2n) is 4.67. The van der Waals surface area contributed by atoms with Crippen LogP contribution in [-0.2, 0) is 4.79 Å². The first-order chi connectivity index (χ1) is 7.49. The standard InChI is InChI=1S/C13H26N2O/c1-10(2)12(13(16)14-5)8-6-7-9-15-11(3)4/h10,12,15H,3,6-9H2,1-2,4-5H3,(H,14,16). The van der Waals surface area contributed by atoms with Gasteiger partial charge in [-0.25, -0.2) is 0 Å². The predicted octanol–water partition coefficient (Wildman–Crippen LogP) is 2.30. The highest BCUT2D eigenvalue weighted by molar-refractivity contribution is 5.78. The summed E-state index contributed by atoms with van der Waals surface area (Å²) < 4.78 is 0. The number of amides is 1. The van der Waals surface area contributed by atoms with Crippen molar-refractivity contribution in [3.63, 3.8) is 0 Å². The van der Waals surface area contributed by atoms with E-state index in [1.54, 1.807) is 7.05 Å². The van der Waals surface area contributed by atoms with E-state index in [0.717, 1.165) is 31.5 Å². The summed E-state index contributed by atoms with van der Waals surface area (Å²) in [5.41, 5.74) is 1.01. The minimum Gasteiger partial charge on any atom is -0.389 e. The average Bonchev–Trinajstić information content (AvgIpc) is 2.21. The third-order valence-corrected chi connectivity index (χ3v) is 2.76. The van der Waals surface area contributed by atoms with Crippen molar-refractivity contribution in [2.45, 2.75) is 40.0 Å². The van der Waals surface area contributed by atoms with E-state index in [1.807, 2.05) is 6.92 Å². The zero-order valence-corrected chi connectivity index (χ0v) is 11.1. The molecule has 0 heterocycles. The average molecular weight is 226 g/mol. The number of hydrogen-bond acceptors (Lipinski definition) is 2. The summed E-state index contributed by atoms with van der Waals surface area (Å²) in [4.78, 5) is 11.6. The van der Waals surface area contributed by atoms with E-state index in [0.29, 0.717) is 5.92 Å². The monoisotopic (exact) mass is 226 g/mol. The van der Waals surface area contributed by atoms with Crippen LogP contribution in [0.25, 0.3) is 0 Å². The van der Waals surface area contributed by atoms with Crippen molar-refractivity contribution in [2.75, 3.05) is 13.6 Å². The summed E-state index contributed by atoms with van der Waals surface area (Å²) in [6.45, 7) is 10.9. The fourth-order valence-electron chi connectivity index (χ4n) is 1.74. The van der Waals surface area contributed by atoms with Gasteiger partial charge in [0.25, 0.3) is 0 Å². The molecule has 0 aliphatic heterocycles. The van der Waals surface area contributed by atoms with E-state index in [9.17, 15) is 4.79 Å². The van der Waals surface area contributed by atoms with Crippen LogP contribution in [0.2, 0.25) is 0 Å². The maximum absolute atomic E-state index is 11.6. The van der Waals surface area contributed by atoms with Gasteiger partial charge in [-0.05, 0) is 25.7 Å². The molecule has 1 unspecified atom stereocenters. The largest absolute Gasteiger partial charge is 0.389 e. The summed E-state index contributed by atoms with van der Waals surface area (Å²) in [5.74, 6) is 0.728. The molecule has 2 N–H and O–H groups in total. The summed E-state index contributed by atoms with van der Waals surface area (Å²) in [6, 6.07) is 0. The Morgan fingerprint density at radius 3 is 2.38 bits per heavy atom. The Hall–Kier alpha value is -0.990. The molecule has 0 fully saturated rings. The van der Waals surface area contributed by atoms with Crippen molar-refractivity contribution in [3.8, 4) is 0 Å². The second-order valence-corrected chi connectivity index (χ2v) is 4.67. The molecule has 3 heteroatoms. The number of nitrogens with one attached hydrogen (secondary N) is 2. The van der Waals surface area contributed by atoms with Crippen LogP contribution in [0.1, 0.15) is 40.0 Å². The SMILES string of the molecule is C=C(C)NCCCCC(C(=O)NC)C(C)C. The smallest absolute Gasteiger partial charge is 0.223 e. The quantitative estimate of drug-likeness (QED) is 0.624. The van der Waals surface area contributed by atoms with Gasteiger partial charge >= 0.3 is 0 Å². The lowest BCUT2D eigenvalue weighted by Crippen LogP contribution is -2.30. The van der Waals surface area contributed by atoms with Crippen molar-refractivity contribution < 1.29 is 4.79 Å². The van der Waals surface area contributed by atoms with E-state index in [2.05, 4.69) is 31.1 Å². The van der Waals surface area contributed by atoms with Crippen molar-refractivity contribution >= 4 is 5.91 Å². The molecule has 0 aromatic rings. The van der Waals surface area contributed by atoms with Crippen molar-refractivity contribution in [1.29, 1.82) is 0 Å². The molecule has 0 aromatic carbocycles. The van der Waals surface area contributed by atoms with E-state index in [-0.39, 0.29) is 11.8 Å². The van der Waals surface area contributed by atoms with Gasteiger partial charge in [0.05, 0.1) is 0 Å². The molecule has 0 aliphatic carbocycles. The number of unbranched alkanes of at least 4 members (excludes halogenated alkanes) is 1. The van der Waals surface area contributed by atoms with Gasteiger partial charge < -0.3 is 10.6 Å². The van der Waals surface area contributed by atoms with Crippen LogP contribution in [0.4, 0.5) is 0 Å². The van der Waals surface area contributed by atoms with Crippen LogP contribution < -0.4 is 10.6 Å². The molecule has 0 saturated heterocycles. The highest BCUT2D eigenvalue weighted by Crippen LogP contribution is 2.18. The molecule has 3 nitrogen and oxygen atoms in total. The van der Waals surface area contributed by atoms with Crippen LogP contribution in [0.5, 0.6) is 0 Å². The van der Waals surface area contributed by atoms with Gasteiger partial charge in [0, 0.05) is 25.2 Å². The Balaban J connectivity index is 3.77. The second kappa shape index (κ2) is 8.20. The van der Waals surface area contributed by atoms with Gasteiger partial charge in [-0.1, -0.05) is 26.8 Å². The van der Waals surface area contributed by atoms with Gasteiger partial charge in [-0.15, -0.1) is 0 Å². The fourth-order valence-corrected chi connectivity index (χ4v) is 1.74. The van der Waals surface area contributed by atoms with Crippen molar-refractivity contribution in [3.05, 3.63) is 12.3 Å². The molecule has 0 aliphatic rings. The van der Waals surface area contributed by atoms with E-state index in [1.165, 1.54) is 0 Å². The first kappa shape index (κ1) is 15.0. The Bertz CT molecular complexity index is 224. The van der Waals surface area contributed by atoms with Crippen molar-refractivity contribution in [2.24, 2.45) is 11.8 Å². The van der Waals surface area contributed by atoms with Gasteiger partial charge in [-0.2, -0.15) is 0 Å². The predicted molar refractivity (Wildman–Crippen MR) is 69.1 cm³/mol. The van der Waals surface area contributed by atoms with Gasteiger partial charge in [0.2, 0.25) is 5.91 Å². The Kier molecular flexibility index (Phi) is 7.69. The van der Waals surface area contributed by atoms with Crippen LogP contribution >= 0.6 is 0 Å². The number of carbonyl (C=O) groups is 1. The molecular formula is C13H26N2O. The number of hydrogen-bond donors (Lipinski definition) is 2. The van der Waals surface area contributed by atoms with Gasteiger partial charge in [0.1, 0.15) is 0 Å². The highest BCUT2D eigenvalue weighted by atomic mass is 16.1. The van der Waals surface area contributed by atoms with Crippen molar-refractivity contribution in [1.82, 2.24) is 10.6 Å². The lowest BCUT2D eigenvalue weighted by atomic mass is 9.90. The highest BCUT2D eigenvalue weighted by Gasteiger charge is 2.19. The molecule has 0 spiro atoms. The van der Waals surface area contributed by atoms with Crippen LogP contribution in [0.15, 0.2) is 12.3 Å². The molecule has 1 amide bonds. The molecule has 0 bridgehead atoms. The normalized spacial score (nSPS) is 12.3. The van der Waals surface area contributed by atoms with Crippen LogP contribution in [0.3, 0.4) is 0 Å². The lowest BCUT2D eigenvalue weighted by Gasteiger charge is -2.19. The number of allylic oxidation sites excluding steroid dienone is 1. The first-order valence-corrected chi connectivity index (χ1v) is 6.10. The molecular weight excluding hydrogens is 200 g/mol. The fraction of sp³-hybridized carbons (Fsp3) is 0.769. The molecule has 0 aromatic heterocycles. The maximum Gasteiger partial charge on any atom is 0.223 e. The molecule has 0 saturated carbocycles. The minimum atomic E-state index is 0.148. The number of rotatable bonds is 8. The Labute approximate surface area is 99.7 Å².